The van der Waals surface area contributed by atoms with Crippen LogP contribution >= 0.6 is 15.9 Å². The molecule has 0 radical (unpaired) electrons. The minimum Gasteiger partial charge on any atom is -0.318 e. The Hall–Kier alpha value is -1.27. The molecular weight excluding hydrogens is 263 g/mol. The Kier molecular flexibility index (Phi) is 2.79. The first-order valence-electron chi connectivity index (χ1n) is 4.25. The number of aromatic nitrogens is 3. The van der Waals surface area contributed by atoms with Crippen molar-refractivity contribution in [3.05, 3.63) is 46.2 Å². The van der Waals surface area contributed by atoms with Crippen LogP contribution in [0.5, 0.6) is 0 Å². The third kappa shape index (κ3) is 1.91. The number of aromatic amines is 1. The summed E-state index contributed by atoms with van der Waals surface area (Å²) in [6.45, 7) is 0. The molecule has 0 fully saturated rings. The van der Waals surface area contributed by atoms with Crippen LogP contribution < -0.4 is 5.73 Å². The van der Waals surface area contributed by atoms with Crippen molar-refractivity contribution in [2.24, 2.45) is 5.73 Å². The lowest BCUT2D eigenvalue weighted by molar-refractivity contribution is 0.588. The summed E-state index contributed by atoms with van der Waals surface area (Å²) in [6, 6.07) is 4.32. The molecule has 1 atom stereocenters. The van der Waals surface area contributed by atoms with E-state index >= 15 is 0 Å². The van der Waals surface area contributed by atoms with E-state index in [9.17, 15) is 4.39 Å². The van der Waals surface area contributed by atoms with Crippen LogP contribution in [0.2, 0.25) is 0 Å². The first-order valence-corrected chi connectivity index (χ1v) is 5.04. The van der Waals surface area contributed by atoms with Gasteiger partial charge in [0.05, 0.1) is 10.5 Å². The first-order chi connectivity index (χ1) is 7.20. The van der Waals surface area contributed by atoms with E-state index in [-0.39, 0.29) is 5.82 Å². The Morgan fingerprint density at radius 2 is 2.27 bits per heavy atom. The number of rotatable bonds is 2. The number of H-pyrrole nitrogens is 1. The molecule has 6 heteroatoms. The van der Waals surface area contributed by atoms with Gasteiger partial charge in [0, 0.05) is 5.56 Å². The van der Waals surface area contributed by atoms with Gasteiger partial charge in [-0.3, -0.25) is 5.10 Å². The normalized spacial score (nSPS) is 12.7. The van der Waals surface area contributed by atoms with E-state index in [2.05, 4.69) is 31.1 Å². The largest absolute Gasteiger partial charge is 0.318 e. The van der Waals surface area contributed by atoms with Crippen LogP contribution in [0.25, 0.3) is 0 Å². The van der Waals surface area contributed by atoms with Gasteiger partial charge in [-0.25, -0.2) is 9.37 Å². The molecule has 0 saturated carbocycles. The van der Waals surface area contributed by atoms with Gasteiger partial charge in [-0.2, -0.15) is 5.10 Å². The van der Waals surface area contributed by atoms with E-state index in [1.807, 2.05) is 0 Å². The lowest BCUT2D eigenvalue weighted by Gasteiger charge is -2.10. The zero-order valence-corrected chi connectivity index (χ0v) is 9.20. The zero-order chi connectivity index (χ0) is 10.8. The fourth-order valence-corrected chi connectivity index (χ4v) is 1.65. The van der Waals surface area contributed by atoms with Gasteiger partial charge in [-0.05, 0) is 22.0 Å². The predicted molar refractivity (Wildman–Crippen MR) is 56.5 cm³/mol. The number of benzene rings is 1. The van der Waals surface area contributed by atoms with Gasteiger partial charge in [-0.1, -0.05) is 12.1 Å². The summed E-state index contributed by atoms with van der Waals surface area (Å²) in [5, 5.41) is 6.28. The highest BCUT2D eigenvalue weighted by atomic mass is 79.9. The maximum absolute atomic E-state index is 13.7. The Labute approximate surface area is 93.8 Å². The van der Waals surface area contributed by atoms with Crippen molar-refractivity contribution in [1.82, 2.24) is 15.2 Å². The molecule has 1 heterocycles. The van der Waals surface area contributed by atoms with E-state index in [0.29, 0.717) is 15.9 Å². The van der Waals surface area contributed by atoms with Crippen molar-refractivity contribution in [3.8, 4) is 0 Å². The molecule has 1 unspecified atom stereocenters. The van der Waals surface area contributed by atoms with Gasteiger partial charge in [0.1, 0.15) is 18.0 Å². The van der Waals surface area contributed by atoms with Gasteiger partial charge in [0.25, 0.3) is 0 Å². The maximum atomic E-state index is 13.7. The maximum Gasteiger partial charge on any atom is 0.145 e. The van der Waals surface area contributed by atoms with Crippen molar-refractivity contribution in [2.75, 3.05) is 0 Å². The third-order valence-electron chi connectivity index (χ3n) is 2.04. The summed E-state index contributed by atoms with van der Waals surface area (Å²) in [5.41, 5.74) is 6.21. The molecule has 3 N–H and O–H groups in total. The predicted octanol–water partition coefficient (Wildman–Crippen LogP) is 1.75. The molecule has 0 amide bonds. The number of halogens is 2. The monoisotopic (exact) mass is 270 g/mol. The Balaban J connectivity index is 2.42. The molecule has 0 bridgehead atoms. The van der Waals surface area contributed by atoms with Crippen LogP contribution in [-0.4, -0.2) is 15.2 Å². The van der Waals surface area contributed by atoms with Gasteiger partial charge in [-0.15, -0.1) is 0 Å². The molecule has 0 saturated heterocycles. The zero-order valence-electron chi connectivity index (χ0n) is 7.61. The molecule has 1 aromatic carbocycles. The van der Waals surface area contributed by atoms with Gasteiger partial charge < -0.3 is 5.73 Å². The average molecular weight is 271 g/mol. The van der Waals surface area contributed by atoms with Crippen molar-refractivity contribution >= 4 is 15.9 Å². The molecule has 0 spiro atoms. The number of hydrogen-bond donors (Lipinski definition) is 2. The molecule has 0 aliphatic rings. The summed E-state index contributed by atoms with van der Waals surface area (Å²) in [5.74, 6) is 0.0633. The smallest absolute Gasteiger partial charge is 0.145 e. The quantitative estimate of drug-likeness (QED) is 0.874. The second kappa shape index (κ2) is 4.08. The second-order valence-corrected chi connectivity index (χ2v) is 3.85. The van der Waals surface area contributed by atoms with Crippen molar-refractivity contribution in [2.45, 2.75) is 6.04 Å². The topological polar surface area (TPSA) is 67.6 Å². The van der Waals surface area contributed by atoms with Gasteiger partial charge in [0.2, 0.25) is 0 Å². The van der Waals surface area contributed by atoms with E-state index in [0.717, 1.165) is 0 Å². The summed E-state index contributed by atoms with van der Waals surface area (Å²) in [4.78, 5) is 3.89. The lowest BCUT2D eigenvalue weighted by atomic mass is 10.1. The number of nitrogens with one attached hydrogen (secondary N) is 1. The Bertz CT molecular complexity index is 457. The molecule has 1 aromatic heterocycles. The average Bonchev–Trinajstić information content (AvgIpc) is 2.74. The van der Waals surface area contributed by atoms with E-state index < -0.39 is 6.04 Å². The minimum absolute atomic E-state index is 0.374. The molecule has 0 aliphatic heterocycles. The SMILES string of the molecule is NC(c1ncn[nH]1)c1cccc(Br)c1F. The highest BCUT2D eigenvalue weighted by Gasteiger charge is 2.17. The first kappa shape index (κ1) is 10.3. The molecular formula is C9H8BrFN4. The van der Waals surface area contributed by atoms with Crippen LogP contribution in [-0.2, 0) is 0 Å². The summed E-state index contributed by atoms with van der Waals surface area (Å²) in [6.07, 6.45) is 1.34. The van der Waals surface area contributed by atoms with Gasteiger partial charge >= 0.3 is 0 Å². The fraction of sp³-hybridized carbons (Fsp3) is 0.111. The fourth-order valence-electron chi connectivity index (χ4n) is 1.27. The summed E-state index contributed by atoms with van der Waals surface area (Å²) >= 11 is 3.10. The van der Waals surface area contributed by atoms with Crippen LogP contribution in [0, 0.1) is 5.82 Å². The second-order valence-electron chi connectivity index (χ2n) is 2.99. The standard InChI is InChI=1S/C9H8BrFN4/c10-6-3-1-2-5(7(6)11)8(12)9-13-4-14-15-9/h1-4,8H,12H2,(H,13,14,15). The van der Waals surface area contributed by atoms with Crippen molar-refractivity contribution in [3.63, 3.8) is 0 Å². The number of hydrogen-bond acceptors (Lipinski definition) is 3. The highest BCUT2D eigenvalue weighted by molar-refractivity contribution is 9.10. The highest BCUT2D eigenvalue weighted by Crippen LogP contribution is 2.24. The van der Waals surface area contributed by atoms with Crippen LogP contribution in [0.1, 0.15) is 17.4 Å². The molecule has 4 nitrogen and oxygen atoms in total. The van der Waals surface area contributed by atoms with Crippen molar-refractivity contribution < 1.29 is 4.39 Å². The van der Waals surface area contributed by atoms with E-state index in [1.165, 1.54) is 6.33 Å². The molecule has 15 heavy (non-hydrogen) atoms. The number of nitrogens with two attached hydrogens (primary N) is 1. The molecule has 0 aliphatic carbocycles. The van der Waals surface area contributed by atoms with E-state index in [1.54, 1.807) is 18.2 Å². The minimum atomic E-state index is -0.634. The molecule has 2 rings (SSSR count). The molecule has 78 valence electrons. The Morgan fingerprint density at radius 3 is 2.93 bits per heavy atom. The summed E-state index contributed by atoms with van der Waals surface area (Å²) < 4.78 is 14.0. The van der Waals surface area contributed by atoms with Gasteiger partial charge in [0.15, 0.2) is 0 Å². The van der Waals surface area contributed by atoms with Crippen LogP contribution in [0.3, 0.4) is 0 Å². The third-order valence-corrected chi connectivity index (χ3v) is 2.66. The van der Waals surface area contributed by atoms with E-state index in [4.69, 9.17) is 5.73 Å². The Morgan fingerprint density at radius 1 is 1.47 bits per heavy atom. The van der Waals surface area contributed by atoms with Crippen LogP contribution in [0.15, 0.2) is 29.0 Å². The van der Waals surface area contributed by atoms with Crippen molar-refractivity contribution in [1.29, 1.82) is 0 Å². The number of nitrogens with zero attached hydrogens (tertiary/aromatic N) is 2. The lowest BCUT2D eigenvalue weighted by Crippen LogP contribution is -2.15. The molecule has 2 aromatic rings. The summed E-state index contributed by atoms with van der Waals surface area (Å²) in [7, 11) is 0. The van der Waals surface area contributed by atoms with Crippen LogP contribution in [0.4, 0.5) is 4.39 Å².